The summed E-state index contributed by atoms with van der Waals surface area (Å²) >= 11 is 0. The van der Waals surface area contributed by atoms with Crippen LogP contribution in [-0.2, 0) is 4.74 Å². The van der Waals surface area contributed by atoms with Gasteiger partial charge in [-0.25, -0.2) is 9.78 Å². The first kappa shape index (κ1) is 18.2. The van der Waals surface area contributed by atoms with Crippen LogP contribution in [0.5, 0.6) is 11.6 Å². The molecule has 0 aliphatic heterocycles. The highest BCUT2D eigenvalue weighted by Gasteiger charge is 2.16. The van der Waals surface area contributed by atoms with Crippen LogP contribution in [0, 0.1) is 17.0 Å². The van der Waals surface area contributed by atoms with Crippen LogP contribution in [0.3, 0.4) is 0 Å². The SMILES string of the molecule is Cc1cc(NC(=O)OC(C)(C)C)ccc1Oc1ccc([N+](=O)[O-])cn1. The summed E-state index contributed by atoms with van der Waals surface area (Å²) in [6.07, 6.45) is 0.584. The van der Waals surface area contributed by atoms with Gasteiger partial charge in [-0.15, -0.1) is 0 Å². The van der Waals surface area contributed by atoms with Crippen molar-refractivity contribution in [3.8, 4) is 11.6 Å². The van der Waals surface area contributed by atoms with Crippen molar-refractivity contribution < 1.29 is 19.2 Å². The maximum Gasteiger partial charge on any atom is 0.412 e. The molecule has 1 N–H and O–H groups in total. The van der Waals surface area contributed by atoms with Crippen molar-refractivity contribution in [1.29, 1.82) is 0 Å². The zero-order valence-electron chi connectivity index (χ0n) is 14.4. The predicted molar refractivity (Wildman–Crippen MR) is 92.0 cm³/mol. The number of ether oxygens (including phenoxy) is 2. The van der Waals surface area contributed by atoms with Crippen molar-refractivity contribution in [2.75, 3.05) is 5.32 Å². The molecule has 0 saturated heterocycles. The van der Waals surface area contributed by atoms with Gasteiger partial charge in [-0.2, -0.15) is 0 Å². The van der Waals surface area contributed by atoms with E-state index >= 15 is 0 Å². The van der Waals surface area contributed by atoms with E-state index in [0.717, 1.165) is 11.8 Å². The molecule has 0 aliphatic carbocycles. The fourth-order valence-electron chi connectivity index (χ4n) is 1.92. The monoisotopic (exact) mass is 345 g/mol. The number of pyridine rings is 1. The largest absolute Gasteiger partial charge is 0.444 e. The molecule has 0 fully saturated rings. The highest BCUT2D eigenvalue weighted by Crippen LogP contribution is 2.27. The van der Waals surface area contributed by atoms with Crippen LogP contribution in [0.2, 0.25) is 0 Å². The zero-order chi connectivity index (χ0) is 18.6. The molecule has 0 bridgehead atoms. The van der Waals surface area contributed by atoms with Gasteiger partial charge in [0, 0.05) is 17.8 Å². The lowest BCUT2D eigenvalue weighted by Crippen LogP contribution is -2.27. The van der Waals surface area contributed by atoms with E-state index in [1.165, 1.54) is 12.1 Å². The molecule has 0 radical (unpaired) electrons. The van der Waals surface area contributed by atoms with Crippen molar-refractivity contribution in [3.05, 3.63) is 52.2 Å². The molecule has 8 heteroatoms. The number of nitro groups is 1. The molecule has 132 valence electrons. The Morgan fingerprint density at radius 2 is 1.96 bits per heavy atom. The summed E-state index contributed by atoms with van der Waals surface area (Å²) in [4.78, 5) is 25.8. The Hall–Kier alpha value is -3.16. The molecular weight excluding hydrogens is 326 g/mol. The minimum atomic E-state index is -0.580. The Morgan fingerprint density at radius 3 is 2.48 bits per heavy atom. The van der Waals surface area contributed by atoms with Gasteiger partial charge in [-0.3, -0.25) is 15.4 Å². The fourth-order valence-corrected chi connectivity index (χ4v) is 1.92. The minimum Gasteiger partial charge on any atom is -0.444 e. The normalized spacial score (nSPS) is 10.9. The lowest BCUT2D eigenvalue weighted by atomic mass is 10.2. The molecule has 0 spiro atoms. The molecule has 1 aromatic carbocycles. The number of aryl methyl sites for hydroxylation is 1. The summed E-state index contributed by atoms with van der Waals surface area (Å²) in [7, 11) is 0. The molecule has 0 aliphatic rings. The minimum absolute atomic E-state index is 0.110. The lowest BCUT2D eigenvalue weighted by molar-refractivity contribution is -0.385. The number of carbonyl (C=O) groups excluding carboxylic acids is 1. The second-order valence-corrected chi connectivity index (χ2v) is 6.32. The number of hydrogen-bond acceptors (Lipinski definition) is 6. The number of benzene rings is 1. The molecule has 8 nitrogen and oxygen atoms in total. The van der Waals surface area contributed by atoms with Gasteiger partial charge in [0.2, 0.25) is 5.88 Å². The number of anilines is 1. The molecule has 1 aromatic heterocycles. The Labute approximate surface area is 144 Å². The summed E-state index contributed by atoms with van der Waals surface area (Å²) < 4.78 is 10.8. The quantitative estimate of drug-likeness (QED) is 0.649. The number of rotatable bonds is 4. The number of nitrogens with one attached hydrogen (secondary N) is 1. The van der Waals surface area contributed by atoms with Crippen LogP contribution in [0.25, 0.3) is 0 Å². The molecule has 2 rings (SSSR count). The summed E-state index contributed by atoms with van der Waals surface area (Å²) in [6.45, 7) is 7.16. The van der Waals surface area contributed by atoms with E-state index in [-0.39, 0.29) is 11.6 Å². The summed E-state index contributed by atoms with van der Waals surface area (Å²) in [5.41, 5.74) is 0.634. The standard InChI is InChI=1S/C17H19N3O5/c1-11-9-12(19-16(21)25-17(2,3)4)5-7-14(11)24-15-8-6-13(10-18-15)20(22)23/h5-10H,1-4H3,(H,19,21). The predicted octanol–water partition coefficient (Wildman–Crippen LogP) is 4.44. The van der Waals surface area contributed by atoms with Crippen LogP contribution in [0.4, 0.5) is 16.2 Å². The fraction of sp³-hybridized carbons (Fsp3) is 0.294. The highest BCUT2D eigenvalue weighted by atomic mass is 16.6. The Morgan fingerprint density at radius 1 is 1.24 bits per heavy atom. The van der Waals surface area contributed by atoms with Gasteiger partial charge in [0.25, 0.3) is 5.69 Å². The van der Waals surface area contributed by atoms with Gasteiger partial charge < -0.3 is 9.47 Å². The van der Waals surface area contributed by atoms with Crippen LogP contribution in [0.15, 0.2) is 36.5 Å². The van der Waals surface area contributed by atoms with Crippen LogP contribution < -0.4 is 10.1 Å². The van der Waals surface area contributed by atoms with E-state index in [9.17, 15) is 14.9 Å². The summed E-state index contributed by atoms with van der Waals surface area (Å²) in [5.74, 6) is 0.762. The first-order chi connectivity index (χ1) is 11.6. The van der Waals surface area contributed by atoms with Gasteiger partial charge in [0.1, 0.15) is 17.5 Å². The first-order valence-electron chi connectivity index (χ1n) is 7.53. The Balaban J connectivity index is 2.06. The smallest absolute Gasteiger partial charge is 0.412 e. The molecule has 1 amide bonds. The average Bonchev–Trinajstić information content (AvgIpc) is 2.48. The number of aromatic nitrogens is 1. The number of nitrogens with zero attached hydrogens (tertiary/aromatic N) is 2. The van der Waals surface area contributed by atoms with Crippen molar-refractivity contribution >= 4 is 17.5 Å². The van der Waals surface area contributed by atoms with Gasteiger partial charge >= 0.3 is 6.09 Å². The molecule has 0 atom stereocenters. The number of carbonyl (C=O) groups is 1. The second kappa shape index (κ2) is 7.16. The Kier molecular flexibility index (Phi) is 5.21. The van der Waals surface area contributed by atoms with Crippen molar-refractivity contribution in [1.82, 2.24) is 4.98 Å². The average molecular weight is 345 g/mol. The highest BCUT2D eigenvalue weighted by molar-refractivity contribution is 5.85. The van der Waals surface area contributed by atoms with E-state index in [4.69, 9.17) is 9.47 Å². The third-order valence-electron chi connectivity index (χ3n) is 2.97. The van der Waals surface area contributed by atoms with Gasteiger partial charge in [0.15, 0.2) is 0 Å². The van der Waals surface area contributed by atoms with Crippen molar-refractivity contribution in [2.45, 2.75) is 33.3 Å². The lowest BCUT2D eigenvalue weighted by Gasteiger charge is -2.20. The molecule has 0 saturated carbocycles. The summed E-state index contributed by atoms with van der Waals surface area (Å²) in [5, 5.41) is 13.3. The van der Waals surface area contributed by atoms with Crippen LogP contribution in [-0.4, -0.2) is 21.6 Å². The Bertz CT molecular complexity index is 782. The van der Waals surface area contributed by atoms with E-state index < -0.39 is 16.6 Å². The van der Waals surface area contributed by atoms with E-state index in [0.29, 0.717) is 11.4 Å². The molecule has 1 heterocycles. The van der Waals surface area contributed by atoms with Crippen LogP contribution >= 0.6 is 0 Å². The van der Waals surface area contributed by atoms with Crippen LogP contribution in [0.1, 0.15) is 26.3 Å². The van der Waals surface area contributed by atoms with Crippen molar-refractivity contribution in [2.24, 2.45) is 0 Å². The van der Waals surface area contributed by atoms with E-state index in [2.05, 4.69) is 10.3 Å². The number of amides is 1. The first-order valence-corrected chi connectivity index (χ1v) is 7.53. The molecule has 0 unspecified atom stereocenters. The number of hydrogen-bond donors (Lipinski definition) is 1. The molecular formula is C17H19N3O5. The molecule has 25 heavy (non-hydrogen) atoms. The van der Waals surface area contributed by atoms with E-state index in [1.54, 1.807) is 45.9 Å². The maximum atomic E-state index is 11.8. The maximum absolute atomic E-state index is 11.8. The second-order valence-electron chi connectivity index (χ2n) is 6.32. The van der Waals surface area contributed by atoms with Gasteiger partial charge in [-0.05, 0) is 51.5 Å². The van der Waals surface area contributed by atoms with Crippen molar-refractivity contribution in [3.63, 3.8) is 0 Å². The van der Waals surface area contributed by atoms with E-state index in [1.807, 2.05) is 0 Å². The van der Waals surface area contributed by atoms with Gasteiger partial charge in [0.05, 0.1) is 4.92 Å². The summed E-state index contributed by atoms with van der Waals surface area (Å²) in [6, 6.07) is 7.80. The molecule has 2 aromatic rings. The van der Waals surface area contributed by atoms with Gasteiger partial charge in [-0.1, -0.05) is 0 Å². The third-order valence-corrected chi connectivity index (χ3v) is 2.97. The zero-order valence-corrected chi connectivity index (χ0v) is 14.4. The topological polar surface area (TPSA) is 104 Å². The third kappa shape index (κ3) is 5.45.